The van der Waals surface area contributed by atoms with Gasteiger partial charge in [0.2, 0.25) is 0 Å². The molecule has 0 spiro atoms. The standard InChI is InChI=1S/C24H21F4N5O2/c1-12-20(13(2)32-31-12)17-7-4-14-10-18(33(3)21(14)29-17)22(34)30-23(8-9-23)16-6-5-15(25)11-19(16)35-24(26,27)28/h4-7,10-11H,8-9H2,1-3H3,(H,30,34)(H,31,32). The summed E-state index contributed by atoms with van der Waals surface area (Å²) < 4.78 is 58.0. The van der Waals surface area contributed by atoms with E-state index in [1.165, 1.54) is 6.07 Å². The maximum absolute atomic E-state index is 13.7. The largest absolute Gasteiger partial charge is 0.573 e. The summed E-state index contributed by atoms with van der Waals surface area (Å²) in [5.41, 5.74) is 3.11. The summed E-state index contributed by atoms with van der Waals surface area (Å²) in [6.45, 7) is 3.77. The smallest absolute Gasteiger partial charge is 0.405 e. The van der Waals surface area contributed by atoms with Gasteiger partial charge in [-0.3, -0.25) is 9.89 Å². The fraction of sp³-hybridized carbons (Fsp3) is 0.292. The number of aromatic amines is 1. The highest BCUT2D eigenvalue weighted by atomic mass is 19.4. The van der Waals surface area contributed by atoms with E-state index in [0.717, 1.165) is 28.4 Å². The van der Waals surface area contributed by atoms with Crippen molar-refractivity contribution in [3.63, 3.8) is 0 Å². The molecule has 1 aromatic carbocycles. The Morgan fingerprint density at radius 2 is 1.91 bits per heavy atom. The Bertz CT molecular complexity index is 1450. The number of nitrogens with zero attached hydrogens (tertiary/aromatic N) is 3. The number of hydrogen-bond donors (Lipinski definition) is 2. The number of carbonyl (C=O) groups is 1. The van der Waals surface area contributed by atoms with E-state index in [9.17, 15) is 22.4 Å². The van der Waals surface area contributed by atoms with Crippen molar-refractivity contribution in [1.82, 2.24) is 25.1 Å². The summed E-state index contributed by atoms with van der Waals surface area (Å²) in [6, 6.07) is 8.31. The molecule has 1 aliphatic rings. The lowest BCUT2D eigenvalue weighted by molar-refractivity contribution is -0.275. The molecular weight excluding hydrogens is 466 g/mol. The number of aryl methyl sites for hydroxylation is 3. The van der Waals surface area contributed by atoms with Gasteiger partial charge in [0.05, 0.1) is 16.9 Å². The van der Waals surface area contributed by atoms with Gasteiger partial charge in [0.1, 0.15) is 22.9 Å². The summed E-state index contributed by atoms with van der Waals surface area (Å²) in [5, 5.41) is 10.7. The molecule has 11 heteroatoms. The number of aromatic nitrogens is 4. The minimum Gasteiger partial charge on any atom is -0.405 e. The van der Waals surface area contributed by atoms with Crippen LogP contribution < -0.4 is 10.1 Å². The highest BCUT2D eigenvalue weighted by Gasteiger charge is 2.49. The molecule has 0 bridgehead atoms. The van der Waals surface area contributed by atoms with E-state index in [0.29, 0.717) is 30.2 Å². The molecule has 5 rings (SSSR count). The second-order valence-electron chi connectivity index (χ2n) is 8.73. The zero-order chi connectivity index (χ0) is 25.1. The fourth-order valence-corrected chi connectivity index (χ4v) is 4.45. The summed E-state index contributed by atoms with van der Waals surface area (Å²) in [7, 11) is 1.69. The summed E-state index contributed by atoms with van der Waals surface area (Å²) in [4.78, 5) is 18.0. The van der Waals surface area contributed by atoms with E-state index in [1.54, 1.807) is 17.7 Å². The molecule has 0 saturated heterocycles. The average molecular weight is 487 g/mol. The number of H-pyrrole nitrogens is 1. The Hall–Kier alpha value is -3.89. The molecule has 2 N–H and O–H groups in total. The van der Waals surface area contributed by atoms with Gasteiger partial charge in [0.15, 0.2) is 0 Å². The van der Waals surface area contributed by atoms with Crippen LogP contribution in [0.3, 0.4) is 0 Å². The first-order valence-electron chi connectivity index (χ1n) is 10.8. The van der Waals surface area contributed by atoms with Crippen molar-refractivity contribution in [1.29, 1.82) is 0 Å². The Kier molecular flexibility index (Phi) is 5.11. The molecule has 0 unspecified atom stereocenters. The highest BCUT2D eigenvalue weighted by molar-refractivity contribution is 5.99. The lowest BCUT2D eigenvalue weighted by Gasteiger charge is -2.22. The zero-order valence-electron chi connectivity index (χ0n) is 19.0. The molecule has 1 amide bonds. The first-order valence-corrected chi connectivity index (χ1v) is 10.8. The van der Waals surface area contributed by atoms with Gasteiger partial charge < -0.3 is 14.6 Å². The van der Waals surface area contributed by atoms with Crippen LogP contribution in [0.15, 0.2) is 36.4 Å². The quantitative estimate of drug-likeness (QED) is 0.387. The molecule has 7 nitrogen and oxygen atoms in total. The maximum Gasteiger partial charge on any atom is 0.573 e. The van der Waals surface area contributed by atoms with Crippen LogP contribution in [-0.2, 0) is 12.6 Å². The third kappa shape index (κ3) is 4.11. The van der Waals surface area contributed by atoms with Crippen LogP contribution in [0, 0.1) is 19.7 Å². The number of benzene rings is 1. The van der Waals surface area contributed by atoms with Gasteiger partial charge >= 0.3 is 6.36 Å². The average Bonchev–Trinajstić information content (AvgIpc) is 3.35. The number of ether oxygens (including phenoxy) is 1. The van der Waals surface area contributed by atoms with Crippen molar-refractivity contribution in [2.24, 2.45) is 7.05 Å². The van der Waals surface area contributed by atoms with Gasteiger partial charge in [-0.2, -0.15) is 5.10 Å². The van der Waals surface area contributed by atoms with Crippen molar-refractivity contribution in [3.05, 3.63) is 64.9 Å². The van der Waals surface area contributed by atoms with Gasteiger partial charge in [-0.25, -0.2) is 9.37 Å². The molecule has 1 fully saturated rings. The van der Waals surface area contributed by atoms with Crippen molar-refractivity contribution < 1.29 is 27.1 Å². The SMILES string of the molecule is Cc1n[nH]c(C)c1-c1ccc2cc(C(=O)NC3(c4ccc(F)cc4OC(F)(F)F)CC3)n(C)c2n1. The van der Waals surface area contributed by atoms with Crippen LogP contribution in [0.2, 0.25) is 0 Å². The summed E-state index contributed by atoms with van der Waals surface area (Å²) >= 11 is 0. The third-order valence-corrected chi connectivity index (χ3v) is 6.28. The fourth-order valence-electron chi connectivity index (χ4n) is 4.45. The lowest BCUT2D eigenvalue weighted by atomic mass is 10.0. The second kappa shape index (κ2) is 7.82. The predicted octanol–water partition coefficient (Wildman–Crippen LogP) is 5.04. The van der Waals surface area contributed by atoms with E-state index in [1.807, 2.05) is 26.0 Å². The van der Waals surface area contributed by atoms with Crippen LogP contribution in [0.1, 0.15) is 40.3 Å². The van der Waals surface area contributed by atoms with E-state index in [-0.39, 0.29) is 11.3 Å². The van der Waals surface area contributed by atoms with Gasteiger partial charge in [-0.1, -0.05) is 6.07 Å². The molecule has 3 aromatic heterocycles. The van der Waals surface area contributed by atoms with Crippen LogP contribution >= 0.6 is 0 Å². The van der Waals surface area contributed by atoms with Gasteiger partial charge in [-0.05, 0) is 51.0 Å². The molecule has 182 valence electrons. The number of pyridine rings is 1. The first-order chi connectivity index (χ1) is 16.5. The molecule has 1 saturated carbocycles. The number of carbonyl (C=O) groups excluding carboxylic acids is 1. The summed E-state index contributed by atoms with van der Waals surface area (Å²) in [5.74, 6) is -2.01. The Labute approximate surface area is 197 Å². The Morgan fingerprint density at radius 1 is 1.17 bits per heavy atom. The number of hydrogen-bond acceptors (Lipinski definition) is 4. The predicted molar refractivity (Wildman–Crippen MR) is 119 cm³/mol. The monoisotopic (exact) mass is 487 g/mol. The number of fused-ring (bicyclic) bond motifs is 1. The Morgan fingerprint density at radius 3 is 2.54 bits per heavy atom. The molecule has 4 aromatic rings. The van der Waals surface area contributed by atoms with Gasteiger partial charge in [-0.15, -0.1) is 13.2 Å². The maximum atomic E-state index is 13.7. The molecule has 3 heterocycles. The van der Waals surface area contributed by atoms with Crippen molar-refractivity contribution in [2.75, 3.05) is 0 Å². The van der Waals surface area contributed by atoms with Crippen LogP contribution in [0.25, 0.3) is 22.3 Å². The van der Waals surface area contributed by atoms with Gasteiger partial charge in [0, 0.05) is 35.3 Å². The molecule has 1 aliphatic carbocycles. The van der Waals surface area contributed by atoms with Gasteiger partial charge in [0.25, 0.3) is 5.91 Å². The van der Waals surface area contributed by atoms with E-state index < -0.39 is 29.4 Å². The lowest BCUT2D eigenvalue weighted by Crippen LogP contribution is -2.36. The highest BCUT2D eigenvalue weighted by Crippen LogP contribution is 2.50. The molecule has 0 radical (unpaired) electrons. The number of alkyl halides is 3. The number of nitrogens with one attached hydrogen (secondary N) is 2. The van der Waals surface area contributed by atoms with E-state index in [2.05, 4.69) is 20.3 Å². The summed E-state index contributed by atoms with van der Waals surface area (Å²) in [6.07, 6.45) is -4.21. The normalized spacial score (nSPS) is 14.8. The Balaban J connectivity index is 1.47. The number of rotatable bonds is 5. The van der Waals surface area contributed by atoms with E-state index >= 15 is 0 Å². The topological polar surface area (TPSA) is 84.8 Å². The van der Waals surface area contributed by atoms with Crippen molar-refractivity contribution in [2.45, 2.75) is 38.6 Å². The number of halogens is 4. The van der Waals surface area contributed by atoms with Crippen LogP contribution in [-0.4, -0.2) is 32.0 Å². The van der Waals surface area contributed by atoms with E-state index in [4.69, 9.17) is 4.98 Å². The third-order valence-electron chi connectivity index (χ3n) is 6.28. The zero-order valence-corrected chi connectivity index (χ0v) is 19.0. The van der Waals surface area contributed by atoms with Crippen molar-refractivity contribution >= 4 is 16.9 Å². The molecule has 0 atom stereocenters. The minimum absolute atomic E-state index is 0.0784. The number of amides is 1. The second-order valence-corrected chi connectivity index (χ2v) is 8.73. The van der Waals surface area contributed by atoms with Crippen molar-refractivity contribution in [3.8, 4) is 17.0 Å². The van der Waals surface area contributed by atoms with Crippen LogP contribution in [0.5, 0.6) is 5.75 Å². The molecular formula is C24H21F4N5O2. The minimum atomic E-state index is -4.99. The van der Waals surface area contributed by atoms with Crippen LogP contribution in [0.4, 0.5) is 17.6 Å². The molecule has 35 heavy (non-hydrogen) atoms. The first kappa shape index (κ1) is 22.9. The molecule has 0 aliphatic heterocycles.